The van der Waals surface area contributed by atoms with Crippen LogP contribution in [0.2, 0.25) is 5.02 Å². The smallest absolute Gasteiger partial charge is 0.234 e. The van der Waals surface area contributed by atoms with Crippen LogP contribution in [0.4, 0.5) is 0 Å². The summed E-state index contributed by atoms with van der Waals surface area (Å²) in [4.78, 5) is 28.6. The Bertz CT molecular complexity index is 2040. The molecular formula is C33H28ClO3S2+. The highest BCUT2D eigenvalue weighted by Gasteiger charge is 2.28. The Morgan fingerprint density at radius 1 is 0.846 bits per heavy atom. The Balaban J connectivity index is 1.75. The van der Waals surface area contributed by atoms with E-state index in [1.54, 1.807) is 17.4 Å². The van der Waals surface area contributed by atoms with Gasteiger partial charge in [0, 0.05) is 36.7 Å². The van der Waals surface area contributed by atoms with Gasteiger partial charge < -0.3 is 4.74 Å². The van der Waals surface area contributed by atoms with Crippen LogP contribution in [-0.2, 0) is 12.8 Å². The van der Waals surface area contributed by atoms with Crippen LogP contribution in [0.3, 0.4) is 0 Å². The van der Waals surface area contributed by atoms with Crippen LogP contribution in [-0.4, -0.2) is 6.61 Å². The number of hydrogen-bond donors (Lipinski definition) is 0. The molecule has 0 radical (unpaired) electrons. The van der Waals surface area contributed by atoms with Gasteiger partial charge in [0.15, 0.2) is 20.8 Å². The molecule has 0 aliphatic rings. The summed E-state index contributed by atoms with van der Waals surface area (Å²) >= 11 is 8.37. The molecule has 1 atom stereocenters. The second-order valence-corrected chi connectivity index (χ2v) is 13.0. The van der Waals surface area contributed by atoms with Crippen molar-refractivity contribution in [3.63, 3.8) is 0 Å². The molecule has 3 nitrogen and oxygen atoms in total. The van der Waals surface area contributed by atoms with Gasteiger partial charge in [0.2, 0.25) is 10.1 Å². The summed E-state index contributed by atoms with van der Waals surface area (Å²) in [7, 11) is -0.678. The fourth-order valence-corrected chi connectivity index (χ4v) is 9.26. The third-order valence-electron chi connectivity index (χ3n) is 7.22. The van der Waals surface area contributed by atoms with Crippen LogP contribution in [0.5, 0.6) is 5.75 Å². The van der Waals surface area contributed by atoms with Gasteiger partial charge in [0.1, 0.15) is 5.39 Å². The highest BCUT2D eigenvalue weighted by atomic mass is 35.5. The molecule has 6 heteroatoms. The van der Waals surface area contributed by atoms with Gasteiger partial charge in [0.25, 0.3) is 0 Å². The zero-order chi connectivity index (χ0) is 27.3. The predicted octanol–water partition coefficient (Wildman–Crippen LogP) is 9.39. The lowest BCUT2D eigenvalue weighted by Crippen LogP contribution is -2.06. The number of halogens is 1. The van der Waals surface area contributed by atoms with Gasteiger partial charge in [-0.1, -0.05) is 50.6 Å². The van der Waals surface area contributed by atoms with Crippen molar-refractivity contribution in [3.8, 4) is 10.6 Å². The van der Waals surface area contributed by atoms with E-state index >= 15 is 0 Å². The van der Waals surface area contributed by atoms with E-state index < -0.39 is 10.5 Å². The van der Waals surface area contributed by atoms with E-state index in [1.807, 2.05) is 36.4 Å². The summed E-state index contributed by atoms with van der Waals surface area (Å²) in [5, 5.41) is 3.06. The zero-order valence-electron chi connectivity index (χ0n) is 22.1. The maximum absolute atomic E-state index is 14.0. The van der Waals surface area contributed by atoms with E-state index in [4.69, 9.17) is 16.3 Å². The summed E-state index contributed by atoms with van der Waals surface area (Å²) in [6.07, 6.45) is 2.62. The molecule has 4 aromatic carbocycles. The minimum absolute atomic E-state index is 0.0596. The summed E-state index contributed by atoms with van der Waals surface area (Å²) in [6, 6.07) is 21.8. The molecular weight excluding hydrogens is 544 g/mol. The maximum Gasteiger partial charge on any atom is 0.234 e. The molecule has 2 heterocycles. The van der Waals surface area contributed by atoms with Crippen molar-refractivity contribution in [2.45, 2.75) is 40.0 Å². The van der Waals surface area contributed by atoms with Crippen LogP contribution in [0, 0.1) is 0 Å². The van der Waals surface area contributed by atoms with Gasteiger partial charge >= 0.3 is 0 Å². The topological polar surface area (TPSA) is 43.4 Å². The first kappa shape index (κ1) is 26.0. The summed E-state index contributed by atoms with van der Waals surface area (Å²) < 4.78 is 9.95. The Labute approximate surface area is 238 Å². The average molecular weight is 572 g/mol. The number of aryl methyl sites for hydroxylation is 2. The Hall–Kier alpha value is -3.25. The number of fused-ring (bicyclic) bond motifs is 4. The van der Waals surface area contributed by atoms with Crippen LogP contribution in [0.15, 0.2) is 76.3 Å². The van der Waals surface area contributed by atoms with Crippen molar-refractivity contribution in [1.29, 1.82) is 0 Å². The van der Waals surface area contributed by atoms with Gasteiger partial charge in [-0.2, -0.15) is 0 Å². The maximum atomic E-state index is 14.0. The molecule has 0 aliphatic carbocycles. The van der Waals surface area contributed by atoms with Gasteiger partial charge in [-0.25, -0.2) is 0 Å². The molecule has 0 spiro atoms. The molecule has 39 heavy (non-hydrogen) atoms. The highest BCUT2D eigenvalue weighted by Crippen LogP contribution is 2.49. The van der Waals surface area contributed by atoms with E-state index in [-0.39, 0.29) is 10.9 Å². The molecule has 1 unspecified atom stereocenters. The van der Waals surface area contributed by atoms with Gasteiger partial charge in [0.05, 0.1) is 17.0 Å². The van der Waals surface area contributed by atoms with Crippen molar-refractivity contribution in [2.24, 2.45) is 0 Å². The number of hydrogen-bond acceptors (Lipinski definition) is 4. The van der Waals surface area contributed by atoms with E-state index in [0.29, 0.717) is 33.5 Å². The number of benzene rings is 4. The minimum Gasteiger partial charge on any atom is -0.488 e. The largest absolute Gasteiger partial charge is 0.488 e. The first-order valence-electron chi connectivity index (χ1n) is 13.3. The fraction of sp³-hybridized carbons (Fsp3) is 0.212. The third kappa shape index (κ3) is 4.24. The summed E-state index contributed by atoms with van der Waals surface area (Å²) in [5.74, 6) is 0.673. The lowest BCUT2D eigenvalue weighted by Gasteiger charge is -2.11. The Morgan fingerprint density at radius 2 is 1.67 bits per heavy atom. The molecule has 0 saturated carbocycles. The second kappa shape index (κ2) is 10.4. The molecule has 196 valence electrons. The van der Waals surface area contributed by atoms with Crippen molar-refractivity contribution >= 4 is 73.8 Å². The fourth-order valence-electron chi connectivity index (χ4n) is 5.27. The summed E-state index contributed by atoms with van der Waals surface area (Å²) in [5.41, 5.74) is 2.38. The van der Waals surface area contributed by atoms with E-state index in [0.717, 1.165) is 48.3 Å². The van der Waals surface area contributed by atoms with E-state index in [2.05, 4.69) is 45.0 Å². The van der Waals surface area contributed by atoms with E-state index in [1.165, 1.54) is 11.1 Å². The second-order valence-electron chi connectivity index (χ2n) is 9.66. The summed E-state index contributed by atoms with van der Waals surface area (Å²) in [6.45, 7) is 6.86. The normalized spacial score (nSPS) is 12.2. The van der Waals surface area contributed by atoms with Crippen LogP contribution in [0.25, 0.3) is 45.2 Å². The SMILES string of the molecule is CCCOc1ccc(Cl)c2c(=O)c3ccccc3[s+](-c3ccc4sc5c(CC)cc(CC)cc5c(=O)c4c3)c12. The average Bonchev–Trinajstić information content (AvgIpc) is 2.96. The Kier molecular flexibility index (Phi) is 6.92. The minimum atomic E-state index is -0.678. The number of rotatable bonds is 6. The van der Waals surface area contributed by atoms with Crippen LogP contribution < -0.4 is 15.6 Å². The van der Waals surface area contributed by atoms with Crippen LogP contribution >= 0.6 is 33.4 Å². The van der Waals surface area contributed by atoms with Crippen molar-refractivity contribution in [2.75, 3.05) is 6.61 Å². The highest BCUT2D eigenvalue weighted by molar-refractivity contribution is 7.49. The monoisotopic (exact) mass is 571 g/mol. The van der Waals surface area contributed by atoms with Crippen molar-refractivity contribution < 1.29 is 4.74 Å². The van der Waals surface area contributed by atoms with Gasteiger partial charge in [-0.3, -0.25) is 9.59 Å². The number of ether oxygens (including phenoxy) is 1. The molecule has 0 saturated heterocycles. The molecule has 0 N–H and O–H groups in total. The Morgan fingerprint density at radius 3 is 2.44 bits per heavy atom. The van der Waals surface area contributed by atoms with Crippen molar-refractivity contribution in [3.05, 3.63) is 103 Å². The van der Waals surface area contributed by atoms with Gasteiger partial charge in [-0.15, -0.1) is 11.3 Å². The first-order valence-corrected chi connectivity index (χ1v) is 15.7. The molecule has 0 amide bonds. The molecule has 6 rings (SSSR count). The van der Waals surface area contributed by atoms with E-state index in [9.17, 15) is 9.59 Å². The molecule has 0 aliphatic heterocycles. The quantitative estimate of drug-likeness (QED) is 0.148. The standard InChI is InChI=1S/C33H28ClO3S2/c1-4-15-37-26-13-12-25(34)29-31(36)22-9-7-8-10-28(22)39(33(26)29)21-11-14-27-23(18-21)30(35)24-17-19(5-2)16-20(6-3)32(24)38-27/h7-14,16-18H,4-6,15H2,1-3H3/q+1. The molecule has 0 fully saturated rings. The van der Waals surface area contributed by atoms with Crippen LogP contribution in [0.1, 0.15) is 38.3 Å². The predicted molar refractivity (Wildman–Crippen MR) is 170 cm³/mol. The third-order valence-corrected chi connectivity index (χ3v) is 11.1. The lowest BCUT2D eigenvalue weighted by atomic mass is 10.0. The molecule has 0 bridgehead atoms. The molecule has 6 aromatic rings. The lowest BCUT2D eigenvalue weighted by molar-refractivity contribution is 0.321. The zero-order valence-corrected chi connectivity index (χ0v) is 24.5. The first-order chi connectivity index (χ1) is 19.0. The van der Waals surface area contributed by atoms with Crippen molar-refractivity contribution in [1.82, 2.24) is 0 Å². The molecule has 2 aromatic heterocycles. The van der Waals surface area contributed by atoms with Gasteiger partial charge in [-0.05, 0) is 72.9 Å².